The fourth-order valence-electron chi connectivity index (χ4n) is 3.31. The predicted molar refractivity (Wildman–Crippen MR) is 138 cm³/mol. The Bertz CT molecular complexity index is 1200. The molecular formula is C25H24ClN3O2S2. The molecule has 0 aliphatic rings. The largest absolute Gasteiger partial charge is 0.492 e. The molecular weight excluding hydrogens is 474 g/mol. The van der Waals surface area contributed by atoms with Gasteiger partial charge >= 0.3 is 0 Å². The van der Waals surface area contributed by atoms with Crippen LogP contribution in [0.1, 0.15) is 25.3 Å². The third-order valence-electron chi connectivity index (χ3n) is 4.91. The van der Waals surface area contributed by atoms with Crippen LogP contribution >= 0.6 is 34.7 Å². The summed E-state index contributed by atoms with van der Waals surface area (Å²) >= 11 is 9.19. The zero-order valence-electron chi connectivity index (χ0n) is 18.2. The Morgan fingerprint density at radius 3 is 2.67 bits per heavy atom. The van der Waals surface area contributed by atoms with Crippen molar-refractivity contribution in [1.29, 1.82) is 0 Å². The van der Waals surface area contributed by atoms with Crippen LogP contribution in [0.5, 0.6) is 5.75 Å². The first-order chi connectivity index (χ1) is 16.1. The van der Waals surface area contributed by atoms with E-state index in [4.69, 9.17) is 21.3 Å². The number of halogens is 1. The third-order valence-corrected chi connectivity index (χ3v) is 7.30. The molecule has 4 aromatic rings. The molecule has 0 fully saturated rings. The van der Waals surface area contributed by atoms with Gasteiger partial charge in [-0.25, -0.2) is 4.98 Å². The zero-order chi connectivity index (χ0) is 23.0. The van der Waals surface area contributed by atoms with Crippen LogP contribution in [-0.2, 0) is 11.3 Å². The molecule has 2 aromatic carbocycles. The van der Waals surface area contributed by atoms with Gasteiger partial charge in [-0.2, -0.15) is 0 Å². The van der Waals surface area contributed by atoms with Crippen molar-refractivity contribution in [3.8, 4) is 5.75 Å². The third kappa shape index (κ3) is 6.25. The number of ether oxygens (including phenoxy) is 1. The van der Waals surface area contributed by atoms with Crippen molar-refractivity contribution in [3.63, 3.8) is 0 Å². The van der Waals surface area contributed by atoms with Gasteiger partial charge in [-0.3, -0.25) is 14.7 Å². The Hall–Kier alpha value is -2.61. The van der Waals surface area contributed by atoms with Crippen LogP contribution in [-0.4, -0.2) is 28.2 Å². The van der Waals surface area contributed by atoms with Gasteiger partial charge in [0.05, 0.1) is 17.9 Å². The number of hydrogen-bond acceptors (Lipinski definition) is 6. The summed E-state index contributed by atoms with van der Waals surface area (Å²) in [6.45, 7) is 2.97. The Kier molecular flexibility index (Phi) is 8.20. The lowest BCUT2D eigenvalue weighted by Gasteiger charge is -2.20. The van der Waals surface area contributed by atoms with Crippen LogP contribution < -0.4 is 9.64 Å². The monoisotopic (exact) mass is 497 g/mol. The first-order valence-electron chi connectivity index (χ1n) is 10.7. The molecule has 0 atom stereocenters. The molecule has 0 aliphatic heterocycles. The van der Waals surface area contributed by atoms with Crippen LogP contribution in [0.3, 0.4) is 0 Å². The minimum absolute atomic E-state index is 0.0561. The average molecular weight is 498 g/mol. The highest BCUT2D eigenvalue weighted by Crippen LogP contribution is 2.35. The summed E-state index contributed by atoms with van der Waals surface area (Å²) in [5.74, 6) is 1.65. The van der Waals surface area contributed by atoms with E-state index in [2.05, 4.69) is 4.98 Å². The van der Waals surface area contributed by atoms with Gasteiger partial charge in [0, 0.05) is 28.7 Å². The van der Waals surface area contributed by atoms with Gasteiger partial charge in [-0.05, 0) is 73.2 Å². The van der Waals surface area contributed by atoms with Gasteiger partial charge in [0.1, 0.15) is 11.3 Å². The minimum Gasteiger partial charge on any atom is -0.492 e. The maximum absolute atomic E-state index is 13.3. The fraction of sp³-hybridized carbons (Fsp3) is 0.240. The summed E-state index contributed by atoms with van der Waals surface area (Å²) in [5, 5.41) is 1.41. The maximum atomic E-state index is 13.3. The number of anilines is 1. The number of carbonyl (C=O) groups excluding carboxylic acids is 1. The van der Waals surface area contributed by atoms with Gasteiger partial charge in [0.2, 0.25) is 5.91 Å². The van der Waals surface area contributed by atoms with Crippen molar-refractivity contribution in [3.05, 3.63) is 77.6 Å². The Balaban J connectivity index is 1.49. The summed E-state index contributed by atoms with van der Waals surface area (Å²) in [6.07, 6.45) is 4.70. The molecule has 0 bridgehead atoms. The number of benzene rings is 2. The first-order valence-corrected chi connectivity index (χ1v) is 12.9. The minimum atomic E-state index is 0.0561. The number of amides is 1. The highest BCUT2D eigenvalue weighted by molar-refractivity contribution is 7.99. The molecule has 0 aliphatic carbocycles. The molecule has 4 rings (SSSR count). The highest BCUT2D eigenvalue weighted by atomic mass is 35.5. The number of thiazole rings is 1. The fourth-order valence-corrected chi connectivity index (χ4v) is 5.29. The predicted octanol–water partition coefficient (Wildman–Crippen LogP) is 6.85. The van der Waals surface area contributed by atoms with Crippen LogP contribution in [0.15, 0.2) is 71.9 Å². The van der Waals surface area contributed by atoms with Crippen molar-refractivity contribution >= 4 is 56.0 Å². The van der Waals surface area contributed by atoms with Gasteiger partial charge < -0.3 is 4.74 Å². The second-order valence-electron chi connectivity index (χ2n) is 7.27. The Morgan fingerprint density at radius 1 is 1.12 bits per heavy atom. The SMILES string of the molecule is CCOc1cccc2sc(N(Cc3ccncc3)C(=O)CCCSc3ccc(Cl)cc3)nc12. The smallest absolute Gasteiger partial charge is 0.229 e. The molecule has 2 aromatic heterocycles. The van der Waals surface area contributed by atoms with Gasteiger partial charge in [-0.1, -0.05) is 29.0 Å². The summed E-state index contributed by atoms with van der Waals surface area (Å²) in [7, 11) is 0. The average Bonchev–Trinajstić information content (AvgIpc) is 3.27. The molecule has 0 spiro atoms. The number of para-hydroxylation sites is 1. The van der Waals surface area contributed by atoms with Crippen molar-refractivity contribution in [1.82, 2.24) is 9.97 Å². The molecule has 2 heterocycles. The number of hydrogen-bond donors (Lipinski definition) is 0. The number of aromatic nitrogens is 2. The summed E-state index contributed by atoms with van der Waals surface area (Å²) in [5.41, 5.74) is 1.81. The number of carbonyl (C=O) groups is 1. The van der Waals surface area contributed by atoms with Crippen molar-refractivity contribution in [2.75, 3.05) is 17.3 Å². The lowest BCUT2D eigenvalue weighted by atomic mass is 10.2. The van der Waals surface area contributed by atoms with E-state index in [1.807, 2.05) is 61.5 Å². The van der Waals surface area contributed by atoms with Crippen molar-refractivity contribution in [2.24, 2.45) is 0 Å². The van der Waals surface area contributed by atoms with Crippen LogP contribution in [0, 0.1) is 0 Å². The quantitative estimate of drug-likeness (QED) is 0.177. The topological polar surface area (TPSA) is 55.3 Å². The summed E-state index contributed by atoms with van der Waals surface area (Å²) in [4.78, 5) is 25.1. The van der Waals surface area contributed by atoms with E-state index in [-0.39, 0.29) is 5.91 Å². The zero-order valence-corrected chi connectivity index (χ0v) is 20.6. The van der Waals surface area contributed by atoms with Crippen LogP contribution in [0.4, 0.5) is 5.13 Å². The van der Waals surface area contributed by atoms with E-state index < -0.39 is 0 Å². The van der Waals surface area contributed by atoms with Crippen LogP contribution in [0.25, 0.3) is 10.2 Å². The molecule has 0 radical (unpaired) electrons. The maximum Gasteiger partial charge on any atom is 0.229 e. The van der Waals surface area contributed by atoms with Gasteiger partial charge in [0.15, 0.2) is 5.13 Å². The molecule has 0 unspecified atom stereocenters. The number of fused-ring (bicyclic) bond motifs is 1. The van der Waals surface area contributed by atoms with Crippen molar-refractivity contribution in [2.45, 2.75) is 31.2 Å². The van der Waals surface area contributed by atoms with E-state index in [0.29, 0.717) is 24.7 Å². The molecule has 1 amide bonds. The van der Waals surface area contributed by atoms with E-state index >= 15 is 0 Å². The normalized spacial score (nSPS) is 11.0. The number of rotatable bonds is 10. The summed E-state index contributed by atoms with van der Waals surface area (Å²) in [6, 6.07) is 17.5. The highest BCUT2D eigenvalue weighted by Gasteiger charge is 2.21. The van der Waals surface area contributed by atoms with E-state index in [1.165, 1.54) is 11.3 Å². The number of thioether (sulfide) groups is 1. The van der Waals surface area contributed by atoms with Gasteiger partial charge in [0.25, 0.3) is 0 Å². The second kappa shape index (κ2) is 11.5. The van der Waals surface area contributed by atoms with Crippen molar-refractivity contribution < 1.29 is 9.53 Å². The molecule has 0 N–H and O–H groups in total. The van der Waals surface area contributed by atoms with Gasteiger partial charge in [-0.15, -0.1) is 11.8 Å². The number of pyridine rings is 1. The summed E-state index contributed by atoms with van der Waals surface area (Å²) < 4.78 is 6.74. The van der Waals surface area contributed by atoms with Crippen LogP contribution in [0.2, 0.25) is 5.02 Å². The second-order valence-corrected chi connectivity index (χ2v) is 9.89. The number of nitrogens with zero attached hydrogens (tertiary/aromatic N) is 3. The molecule has 33 heavy (non-hydrogen) atoms. The van der Waals surface area contributed by atoms with E-state index in [1.54, 1.807) is 29.1 Å². The Labute approximate surface area is 206 Å². The molecule has 0 saturated heterocycles. The standard InChI is InChI=1S/C25H24ClN3O2S2/c1-2-31-21-5-3-6-22-24(21)28-25(33-22)29(17-18-12-14-27-15-13-18)23(30)7-4-16-32-20-10-8-19(26)9-11-20/h3,5-6,8-15H,2,4,7,16-17H2,1H3. The first kappa shape index (κ1) is 23.5. The molecule has 8 heteroatoms. The Morgan fingerprint density at radius 2 is 1.91 bits per heavy atom. The van der Waals surface area contributed by atoms with E-state index in [9.17, 15) is 4.79 Å². The molecule has 0 saturated carbocycles. The lowest BCUT2D eigenvalue weighted by Crippen LogP contribution is -2.30. The van der Waals surface area contributed by atoms with E-state index in [0.717, 1.165) is 43.6 Å². The lowest BCUT2D eigenvalue weighted by molar-refractivity contribution is -0.118. The molecule has 170 valence electrons. The molecule has 5 nitrogen and oxygen atoms in total.